The van der Waals surface area contributed by atoms with Crippen LogP contribution in [0.4, 0.5) is 21.7 Å². The molecular weight excluding hydrogens is 445 g/mol. The number of benzene rings is 2. The standard InChI is InChI=1S/C26H22FN7O/c27-20-8-5-7-19-24(20)31-26(28)34-16-18(30-25(19)34)15-32-12-13-33(22-10-2-1-9-21(22)32)23(35)14-17-6-3-4-11-29-17/h1-11,16H,12-15H2,(H2,28,31). The van der Waals surface area contributed by atoms with Crippen molar-refractivity contribution in [2.24, 2.45) is 0 Å². The van der Waals surface area contributed by atoms with Crippen molar-refractivity contribution in [2.75, 3.05) is 28.6 Å². The van der Waals surface area contributed by atoms with Crippen LogP contribution in [-0.4, -0.2) is 38.3 Å². The molecule has 0 saturated heterocycles. The summed E-state index contributed by atoms with van der Waals surface area (Å²) < 4.78 is 16.0. The largest absolute Gasteiger partial charge is 0.369 e. The molecule has 3 aromatic heterocycles. The van der Waals surface area contributed by atoms with E-state index >= 15 is 0 Å². The molecule has 0 aliphatic carbocycles. The first kappa shape index (κ1) is 21.0. The lowest BCUT2D eigenvalue weighted by molar-refractivity contribution is -0.118. The lowest BCUT2D eigenvalue weighted by Crippen LogP contribution is -2.44. The van der Waals surface area contributed by atoms with Crippen LogP contribution in [0.1, 0.15) is 11.4 Å². The predicted molar refractivity (Wildman–Crippen MR) is 133 cm³/mol. The predicted octanol–water partition coefficient (Wildman–Crippen LogP) is 3.59. The number of anilines is 3. The van der Waals surface area contributed by atoms with Gasteiger partial charge in [-0.1, -0.05) is 24.3 Å². The molecule has 0 bridgehead atoms. The van der Waals surface area contributed by atoms with Gasteiger partial charge in [-0.3, -0.25) is 14.2 Å². The summed E-state index contributed by atoms with van der Waals surface area (Å²) in [6.45, 7) is 1.70. The Labute approximate surface area is 200 Å². The Kier molecular flexibility index (Phi) is 5.02. The molecule has 0 saturated carbocycles. The second-order valence-electron chi connectivity index (χ2n) is 8.49. The molecule has 8 nitrogen and oxygen atoms in total. The summed E-state index contributed by atoms with van der Waals surface area (Å²) in [5.74, 6) is -0.237. The van der Waals surface area contributed by atoms with E-state index in [0.717, 1.165) is 22.8 Å². The zero-order chi connectivity index (χ0) is 23.9. The number of halogens is 1. The van der Waals surface area contributed by atoms with Gasteiger partial charge in [0, 0.05) is 36.6 Å². The molecule has 1 aliphatic heterocycles. The normalized spacial score (nSPS) is 13.4. The lowest BCUT2D eigenvalue weighted by Gasteiger charge is -2.37. The smallest absolute Gasteiger partial charge is 0.233 e. The molecule has 1 amide bonds. The van der Waals surface area contributed by atoms with Crippen LogP contribution in [0.15, 0.2) is 73.1 Å². The second-order valence-corrected chi connectivity index (χ2v) is 8.49. The lowest BCUT2D eigenvalue weighted by atomic mass is 10.1. The number of nitrogen functional groups attached to an aromatic ring is 1. The Hall–Kier alpha value is -4.53. The van der Waals surface area contributed by atoms with E-state index in [1.807, 2.05) is 53.6 Å². The van der Waals surface area contributed by atoms with Gasteiger partial charge in [-0.05, 0) is 36.4 Å². The number of hydrogen-bond acceptors (Lipinski definition) is 6. The number of carbonyl (C=O) groups excluding carboxylic acids is 1. The summed E-state index contributed by atoms with van der Waals surface area (Å²) in [5, 5.41) is 0.607. The van der Waals surface area contributed by atoms with Crippen LogP contribution in [0.25, 0.3) is 16.6 Å². The molecule has 1 aliphatic rings. The summed E-state index contributed by atoms with van der Waals surface area (Å²) in [4.78, 5) is 30.4. The maximum absolute atomic E-state index is 14.3. The fourth-order valence-electron chi connectivity index (χ4n) is 4.64. The van der Waals surface area contributed by atoms with Gasteiger partial charge in [0.15, 0.2) is 0 Å². The summed E-state index contributed by atoms with van der Waals surface area (Å²) in [6, 6.07) is 18.2. The van der Waals surface area contributed by atoms with Gasteiger partial charge in [0.2, 0.25) is 11.9 Å². The molecule has 9 heteroatoms. The Bertz CT molecular complexity index is 1570. The Morgan fingerprint density at radius 3 is 2.60 bits per heavy atom. The van der Waals surface area contributed by atoms with E-state index < -0.39 is 5.82 Å². The molecule has 0 radical (unpaired) electrons. The van der Waals surface area contributed by atoms with Crippen molar-refractivity contribution in [2.45, 2.75) is 13.0 Å². The number of aromatic nitrogens is 4. The van der Waals surface area contributed by atoms with E-state index in [1.165, 1.54) is 6.07 Å². The van der Waals surface area contributed by atoms with Crippen molar-refractivity contribution >= 4 is 39.8 Å². The number of hydrogen-bond donors (Lipinski definition) is 1. The van der Waals surface area contributed by atoms with E-state index in [0.29, 0.717) is 30.7 Å². The monoisotopic (exact) mass is 467 g/mol. The Morgan fingerprint density at radius 2 is 1.77 bits per heavy atom. The molecular formula is C26H22FN7O. The SMILES string of the molecule is Nc1nc2c(F)cccc2c2nc(CN3CCN(C(=O)Cc4ccccn4)c4ccccc43)cn12. The molecule has 0 spiro atoms. The van der Waals surface area contributed by atoms with Gasteiger partial charge in [-0.15, -0.1) is 0 Å². The summed E-state index contributed by atoms with van der Waals surface area (Å²) >= 11 is 0. The van der Waals surface area contributed by atoms with Gasteiger partial charge in [0.25, 0.3) is 0 Å². The zero-order valence-electron chi connectivity index (χ0n) is 18.8. The minimum atomic E-state index is -0.429. The highest BCUT2D eigenvalue weighted by Gasteiger charge is 2.27. The Morgan fingerprint density at radius 1 is 0.943 bits per heavy atom. The molecule has 174 valence electrons. The van der Waals surface area contributed by atoms with E-state index in [1.54, 1.807) is 22.7 Å². The maximum Gasteiger partial charge on any atom is 0.233 e. The number of para-hydroxylation sites is 3. The van der Waals surface area contributed by atoms with Gasteiger partial charge in [-0.25, -0.2) is 14.4 Å². The number of nitrogens with zero attached hydrogens (tertiary/aromatic N) is 6. The highest BCUT2D eigenvalue weighted by Crippen LogP contribution is 2.34. The van der Waals surface area contributed by atoms with E-state index in [-0.39, 0.29) is 23.8 Å². The number of nitrogens with two attached hydrogens (primary N) is 1. The van der Waals surface area contributed by atoms with Crippen molar-refractivity contribution in [1.29, 1.82) is 0 Å². The number of fused-ring (bicyclic) bond motifs is 4. The highest BCUT2D eigenvalue weighted by atomic mass is 19.1. The molecule has 5 aromatic rings. The van der Waals surface area contributed by atoms with Crippen molar-refractivity contribution in [3.63, 3.8) is 0 Å². The minimum Gasteiger partial charge on any atom is -0.369 e. The van der Waals surface area contributed by atoms with Gasteiger partial charge in [-0.2, -0.15) is 0 Å². The van der Waals surface area contributed by atoms with Crippen molar-refractivity contribution < 1.29 is 9.18 Å². The first-order valence-electron chi connectivity index (χ1n) is 11.3. The second kappa shape index (κ2) is 8.35. The third kappa shape index (κ3) is 3.71. The first-order valence-corrected chi connectivity index (χ1v) is 11.3. The quantitative estimate of drug-likeness (QED) is 0.434. The number of pyridine rings is 1. The van der Waals surface area contributed by atoms with Crippen LogP contribution in [0.3, 0.4) is 0 Å². The fourth-order valence-corrected chi connectivity index (χ4v) is 4.64. The number of carbonyl (C=O) groups is 1. The average molecular weight is 468 g/mol. The topological polar surface area (TPSA) is 92.6 Å². The molecule has 2 N–H and O–H groups in total. The van der Waals surface area contributed by atoms with Gasteiger partial charge >= 0.3 is 0 Å². The Balaban J connectivity index is 1.31. The zero-order valence-corrected chi connectivity index (χ0v) is 18.8. The summed E-state index contributed by atoms with van der Waals surface area (Å²) in [7, 11) is 0. The van der Waals surface area contributed by atoms with E-state index in [9.17, 15) is 9.18 Å². The van der Waals surface area contributed by atoms with Crippen LogP contribution < -0.4 is 15.5 Å². The molecule has 0 fully saturated rings. The van der Waals surface area contributed by atoms with Crippen molar-refractivity contribution in [3.8, 4) is 0 Å². The minimum absolute atomic E-state index is 0.0101. The number of rotatable bonds is 4. The van der Waals surface area contributed by atoms with Gasteiger partial charge in [0.05, 0.1) is 30.0 Å². The molecule has 0 atom stereocenters. The van der Waals surface area contributed by atoms with Crippen LogP contribution in [0, 0.1) is 5.82 Å². The van der Waals surface area contributed by atoms with Gasteiger partial charge in [0.1, 0.15) is 17.0 Å². The van der Waals surface area contributed by atoms with E-state index in [2.05, 4.69) is 14.9 Å². The van der Waals surface area contributed by atoms with Gasteiger partial charge < -0.3 is 15.5 Å². The third-order valence-electron chi connectivity index (χ3n) is 6.28. The summed E-state index contributed by atoms with van der Waals surface area (Å²) in [6.07, 6.45) is 3.78. The summed E-state index contributed by atoms with van der Waals surface area (Å²) in [5.41, 5.74) is 10.2. The van der Waals surface area contributed by atoms with E-state index in [4.69, 9.17) is 10.7 Å². The third-order valence-corrected chi connectivity index (χ3v) is 6.28. The van der Waals surface area contributed by atoms with Crippen LogP contribution in [0.2, 0.25) is 0 Å². The van der Waals surface area contributed by atoms with Crippen LogP contribution in [0.5, 0.6) is 0 Å². The highest BCUT2D eigenvalue weighted by molar-refractivity contribution is 5.99. The first-order chi connectivity index (χ1) is 17.1. The van der Waals surface area contributed by atoms with Crippen molar-refractivity contribution in [1.82, 2.24) is 19.4 Å². The molecule has 2 aromatic carbocycles. The molecule has 4 heterocycles. The van der Waals surface area contributed by atoms with Crippen LogP contribution in [-0.2, 0) is 17.8 Å². The molecule has 6 rings (SSSR count). The van der Waals surface area contributed by atoms with Crippen LogP contribution >= 0.6 is 0 Å². The molecule has 0 unspecified atom stereocenters. The van der Waals surface area contributed by atoms with Crippen molar-refractivity contribution in [3.05, 3.63) is 90.3 Å². The number of amides is 1. The average Bonchev–Trinajstić information content (AvgIpc) is 3.30. The fraction of sp³-hybridized carbons (Fsp3) is 0.154. The maximum atomic E-state index is 14.3. The number of imidazole rings is 1. The molecule has 35 heavy (non-hydrogen) atoms.